The molecule has 184 valence electrons. The summed E-state index contributed by atoms with van der Waals surface area (Å²) in [6, 6.07) is 12.1. The van der Waals surface area contributed by atoms with Crippen LogP contribution in [0.3, 0.4) is 0 Å². The highest BCUT2D eigenvalue weighted by molar-refractivity contribution is 6.02. The first-order chi connectivity index (χ1) is 16.3. The first-order valence-electron chi connectivity index (χ1n) is 13.5. The van der Waals surface area contributed by atoms with E-state index in [2.05, 4.69) is 38.3 Å². The molecule has 34 heavy (non-hydrogen) atoms. The predicted molar refractivity (Wildman–Crippen MR) is 140 cm³/mol. The van der Waals surface area contributed by atoms with Gasteiger partial charge in [0.05, 0.1) is 0 Å². The summed E-state index contributed by atoms with van der Waals surface area (Å²) in [5, 5.41) is 8.52. The zero-order valence-electron chi connectivity index (χ0n) is 21.4. The summed E-state index contributed by atoms with van der Waals surface area (Å²) in [4.78, 5) is 25.9. The molecule has 0 heterocycles. The van der Waals surface area contributed by atoms with Crippen molar-refractivity contribution in [2.45, 2.75) is 91.1 Å². The molecule has 0 radical (unpaired) electrons. The molecule has 2 aromatic carbocycles. The van der Waals surface area contributed by atoms with E-state index in [1.165, 1.54) is 25.7 Å². The number of hydrogen-bond acceptors (Lipinski definition) is 2. The van der Waals surface area contributed by atoms with Crippen molar-refractivity contribution in [3.63, 3.8) is 0 Å². The van der Waals surface area contributed by atoms with Crippen LogP contribution in [0.2, 0.25) is 0 Å². The zero-order chi connectivity index (χ0) is 24.2. The van der Waals surface area contributed by atoms with Crippen LogP contribution in [0, 0.1) is 23.7 Å². The van der Waals surface area contributed by atoms with Crippen LogP contribution >= 0.6 is 0 Å². The summed E-state index contributed by atoms with van der Waals surface area (Å²) in [6.07, 6.45) is 9.22. The lowest BCUT2D eigenvalue weighted by molar-refractivity contribution is 0.0904. The minimum absolute atomic E-state index is 0.00938. The molecule has 4 unspecified atom stereocenters. The molecule has 0 spiro atoms. The molecule has 2 aliphatic carbocycles. The summed E-state index contributed by atoms with van der Waals surface area (Å²) < 4.78 is 0. The smallest absolute Gasteiger partial charge is 0.251 e. The third-order valence-electron chi connectivity index (χ3n) is 8.35. The molecule has 2 aromatic rings. The first kappa shape index (κ1) is 24.8. The number of carbonyl (C=O) groups is 2. The lowest BCUT2D eigenvalue weighted by Gasteiger charge is -2.32. The second-order valence-corrected chi connectivity index (χ2v) is 11.5. The lowest BCUT2D eigenvalue weighted by atomic mass is 9.79. The Morgan fingerprint density at radius 3 is 1.47 bits per heavy atom. The molecule has 0 bridgehead atoms. The molecule has 0 saturated heterocycles. The van der Waals surface area contributed by atoms with Gasteiger partial charge in [0.2, 0.25) is 0 Å². The molecular weight excluding hydrogens is 420 g/mol. The van der Waals surface area contributed by atoms with Crippen LogP contribution in [-0.4, -0.2) is 23.9 Å². The summed E-state index contributed by atoms with van der Waals surface area (Å²) in [7, 11) is 0. The Morgan fingerprint density at radius 2 is 1.09 bits per heavy atom. The number of rotatable bonds is 6. The van der Waals surface area contributed by atoms with E-state index in [0.29, 0.717) is 34.8 Å². The van der Waals surface area contributed by atoms with E-state index >= 15 is 0 Å². The van der Waals surface area contributed by atoms with E-state index in [4.69, 9.17) is 0 Å². The molecule has 2 N–H and O–H groups in total. The van der Waals surface area contributed by atoms with Gasteiger partial charge in [-0.05, 0) is 84.4 Å². The standard InChI is InChI=1S/C30H42N2O2/c1-19(2)21-7-5-9-27(17-21)31-29(33)25-13-11-24-16-26(14-12-23(24)15-25)30(34)32-28-10-6-8-22(18-28)20(3)4/h11-16,19-22,27-28H,5-10,17-18H2,1-4H3,(H,31,33)(H,32,34). The van der Waals surface area contributed by atoms with Crippen molar-refractivity contribution in [3.05, 3.63) is 47.5 Å². The average Bonchev–Trinajstić information content (AvgIpc) is 2.83. The van der Waals surface area contributed by atoms with Crippen LogP contribution in [0.4, 0.5) is 0 Å². The maximum absolute atomic E-state index is 12.9. The summed E-state index contributed by atoms with van der Waals surface area (Å²) >= 11 is 0. The topological polar surface area (TPSA) is 58.2 Å². The molecule has 2 aliphatic rings. The monoisotopic (exact) mass is 462 g/mol. The van der Waals surface area contributed by atoms with Crippen molar-refractivity contribution in [2.75, 3.05) is 0 Å². The van der Waals surface area contributed by atoms with Gasteiger partial charge < -0.3 is 10.6 Å². The van der Waals surface area contributed by atoms with Crippen LogP contribution in [0.1, 0.15) is 99.8 Å². The Labute approximate surface area is 205 Å². The van der Waals surface area contributed by atoms with Gasteiger partial charge in [0.25, 0.3) is 11.8 Å². The van der Waals surface area contributed by atoms with Crippen LogP contribution in [-0.2, 0) is 0 Å². The fourth-order valence-corrected chi connectivity index (χ4v) is 5.99. The number of nitrogens with one attached hydrogen (secondary N) is 2. The molecule has 4 nitrogen and oxygen atoms in total. The molecule has 2 fully saturated rings. The molecular formula is C30H42N2O2. The molecule has 2 amide bonds. The van der Waals surface area contributed by atoms with Gasteiger partial charge in [0.15, 0.2) is 0 Å². The fraction of sp³-hybridized carbons (Fsp3) is 0.600. The predicted octanol–water partition coefficient (Wildman–Crippen LogP) is 6.73. The Balaban J connectivity index is 1.39. The highest BCUT2D eigenvalue weighted by Crippen LogP contribution is 2.31. The van der Waals surface area contributed by atoms with Crippen LogP contribution in [0.15, 0.2) is 36.4 Å². The van der Waals surface area contributed by atoms with Crippen molar-refractivity contribution in [2.24, 2.45) is 23.7 Å². The van der Waals surface area contributed by atoms with Crippen LogP contribution < -0.4 is 10.6 Å². The van der Waals surface area contributed by atoms with Gasteiger partial charge in [-0.3, -0.25) is 9.59 Å². The van der Waals surface area contributed by atoms with Crippen molar-refractivity contribution >= 4 is 22.6 Å². The minimum atomic E-state index is 0.00938. The number of carbonyl (C=O) groups excluding carboxylic acids is 2. The van der Waals surface area contributed by atoms with Crippen LogP contribution in [0.25, 0.3) is 10.8 Å². The Bertz CT molecular complexity index is 931. The van der Waals surface area contributed by atoms with Crippen molar-refractivity contribution in [1.29, 1.82) is 0 Å². The molecule has 2 saturated carbocycles. The second-order valence-electron chi connectivity index (χ2n) is 11.5. The third-order valence-corrected chi connectivity index (χ3v) is 8.35. The van der Waals surface area contributed by atoms with E-state index in [-0.39, 0.29) is 23.9 Å². The molecule has 4 rings (SSSR count). The van der Waals surface area contributed by atoms with Gasteiger partial charge in [0.1, 0.15) is 0 Å². The maximum atomic E-state index is 12.9. The van der Waals surface area contributed by atoms with Crippen LogP contribution in [0.5, 0.6) is 0 Å². The Hall–Kier alpha value is -2.36. The fourth-order valence-electron chi connectivity index (χ4n) is 5.99. The maximum Gasteiger partial charge on any atom is 0.251 e. The third kappa shape index (κ3) is 6.00. The van der Waals surface area contributed by atoms with Gasteiger partial charge in [-0.25, -0.2) is 0 Å². The van der Waals surface area contributed by atoms with E-state index in [1.807, 2.05) is 36.4 Å². The summed E-state index contributed by atoms with van der Waals surface area (Å²) in [5.74, 6) is 2.75. The average molecular weight is 463 g/mol. The SMILES string of the molecule is CC(C)C1CCCC(NC(=O)c2ccc3cc(C(=O)NC4CCCC(C(C)C)C4)ccc3c2)C1. The first-order valence-corrected chi connectivity index (χ1v) is 13.5. The molecule has 4 heteroatoms. The van der Waals surface area contributed by atoms with Crippen molar-refractivity contribution in [1.82, 2.24) is 10.6 Å². The van der Waals surface area contributed by atoms with Gasteiger partial charge in [-0.2, -0.15) is 0 Å². The zero-order valence-corrected chi connectivity index (χ0v) is 21.4. The number of benzene rings is 2. The van der Waals surface area contributed by atoms with Gasteiger partial charge >= 0.3 is 0 Å². The van der Waals surface area contributed by atoms with Gasteiger partial charge in [-0.1, -0.05) is 65.5 Å². The summed E-state index contributed by atoms with van der Waals surface area (Å²) in [6.45, 7) is 9.13. The minimum Gasteiger partial charge on any atom is -0.349 e. The number of hydrogen-bond donors (Lipinski definition) is 2. The molecule has 0 aromatic heterocycles. The van der Waals surface area contributed by atoms with Gasteiger partial charge in [-0.15, -0.1) is 0 Å². The second kappa shape index (κ2) is 10.9. The van der Waals surface area contributed by atoms with E-state index in [0.717, 1.165) is 36.5 Å². The highest BCUT2D eigenvalue weighted by atomic mass is 16.2. The van der Waals surface area contributed by atoms with E-state index < -0.39 is 0 Å². The largest absolute Gasteiger partial charge is 0.349 e. The van der Waals surface area contributed by atoms with Gasteiger partial charge in [0, 0.05) is 23.2 Å². The molecule has 4 atom stereocenters. The quantitative estimate of drug-likeness (QED) is 0.500. The Kier molecular flexibility index (Phi) is 7.95. The van der Waals surface area contributed by atoms with Crippen molar-refractivity contribution < 1.29 is 9.59 Å². The van der Waals surface area contributed by atoms with Crippen molar-refractivity contribution in [3.8, 4) is 0 Å². The number of fused-ring (bicyclic) bond motifs is 1. The number of amides is 2. The Morgan fingerprint density at radius 1 is 0.676 bits per heavy atom. The van der Waals surface area contributed by atoms with E-state index in [9.17, 15) is 9.59 Å². The summed E-state index contributed by atoms with van der Waals surface area (Å²) in [5.41, 5.74) is 1.39. The normalized spacial score (nSPS) is 25.5. The lowest BCUT2D eigenvalue weighted by Crippen LogP contribution is -2.39. The molecule has 0 aliphatic heterocycles. The van der Waals surface area contributed by atoms with E-state index in [1.54, 1.807) is 0 Å². The highest BCUT2D eigenvalue weighted by Gasteiger charge is 2.26.